The van der Waals surface area contributed by atoms with Gasteiger partial charge in [-0.25, -0.2) is 0 Å². The van der Waals surface area contributed by atoms with Crippen molar-refractivity contribution in [3.8, 4) is 0 Å². The monoisotopic (exact) mass is 381 g/mol. The number of anilines is 5. The van der Waals surface area contributed by atoms with Crippen molar-refractivity contribution in [2.75, 3.05) is 41.7 Å². The maximum Gasteiger partial charge on any atom is 0.233 e. The summed E-state index contributed by atoms with van der Waals surface area (Å²) in [6.07, 6.45) is 0. The van der Waals surface area contributed by atoms with E-state index < -0.39 is 0 Å². The van der Waals surface area contributed by atoms with Crippen LogP contribution in [0.4, 0.5) is 29.2 Å². The maximum absolute atomic E-state index is 6.26. The lowest BCUT2D eigenvalue weighted by atomic mass is 10.3. The number of para-hydroxylation sites is 2. The smallest absolute Gasteiger partial charge is 0.233 e. The van der Waals surface area contributed by atoms with Gasteiger partial charge in [-0.3, -0.25) is 0 Å². The van der Waals surface area contributed by atoms with Crippen LogP contribution in [0.15, 0.2) is 54.6 Å². The normalized spacial score (nSPS) is 14.0. The van der Waals surface area contributed by atoms with E-state index in [1.54, 1.807) is 0 Å². The Balaban J connectivity index is 1.66. The molecule has 0 bridgehead atoms. The van der Waals surface area contributed by atoms with Crippen LogP contribution in [0.25, 0.3) is 0 Å². The van der Waals surface area contributed by atoms with Crippen molar-refractivity contribution in [2.45, 2.75) is 0 Å². The van der Waals surface area contributed by atoms with Gasteiger partial charge in [-0.15, -0.1) is 0 Å². The number of rotatable bonds is 5. The average molecular weight is 382 g/mol. The molecule has 2 heterocycles. The molecule has 27 heavy (non-hydrogen) atoms. The number of nitrogens with zero attached hydrogens (tertiary/aromatic N) is 4. The van der Waals surface area contributed by atoms with E-state index >= 15 is 0 Å². The Bertz CT molecular complexity index is 898. The van der Waals surface area contributed by atoms with Gasteiger partial charge in [0, 0.05) is 31.9 Å². The van der Waals surface area contributed by atoms with E-state index in [1.807, 2.05) is 54.6 Å². The number of aromatic nitrogens is 3. The van der Waals surface area contributed by atoms with Crippen LogP contribution in [-0.4, -0.2) is 41.1 Å². The highest BCUT2D eigenvalue weighted by molar-refractivity contribution is 6.33. The van der Waals surface area contributed by atoms with Gasteiger partial charge in [0.1, 0.15) is 0 Å². The molecule has 8 heteroatoms. The first-order valence-electron chi connectivity index (χ1n) is 8.83. The van der Waals surface area contributed by atoms with Gasteiger partial charge >= 0.3 is 0 Å². The first kappa shape index (κ1) is 17.5. The third-order valence-electron chi connectivity index (χ3n) is 4.17. The minimum absolute atomic E-state index is 0.449. The van der Waals surface area contributed by atoms with Crippen molar-refractivity contribution in [2.24, 2.45) is 0 Å². The fourth-order valence-corrected chi connectivity index (χ4v) is 3.00. The lowest BCUT2D eigenvalue weighted by Crippen LogP contribution is -2.44. The molecule has 138 valence electrons. The Morgan fingerprint density at radius 2 is 1.48 bits per heavy atom. The van der Waals surface area contributed by atoms with Crippen LogP contribution in [0.3, 0.4) is 0 Å². The van der Waals surface area contributed by atoms with Crippen LogP contribution >= 0.6 is 11.6 Å². The number of hydrogen-bond acceptors (Lipinski definition) is 7. The summed E-state index contributed by atoms with van der Waals surface area (Å²) < 4.78 is 0. The highest BCUT2D eigenvalue weighted by Crippen LogP contribution is 2.25. The molecule has 4 rings (SSSR count). The maximum atomic E-state index is 6.26. The van der Waals surface area contributed by atoms with Crippen LogP contribution in [0, 0.1) is 0 Å². The second kappa shape index (κ2) is 8.20. The summed E-state index contributed by atoms with van der Waals surface area (Å²) in [7, 11) is 0. The van der Waals surface area contributed by atoms with Gasteiger partial charge in [0.2, 0.25) is 17.8 Å². The molecular weight excluding hydrogens is 362 g/mol. The molecule has 3 aromatic rings. The van der Waals surface area contributed by atoms with E-state index in [1.165, 1.54) is 0 Å². The molecule has 0 saturated carbocycles. The van der Waals surface area contributed by atoms with E-state index in [9.17, 15) is 0 Å². The van der Waals surface area contributed by atoms with Crippen molar-refractivity contribution < 1.29 is 0 Å². The molecule has 1 aromatic heterocycles. The minimum Gasteiger partial charge on any atom is -0.338 e. The second-order valence-electron chi connectivity index (χ2n) is 6.12. The first-order chi connectivity index (χ1) is 13.3. The van der Waals surface area contributed by atoms with Crippen LogP contribution in [0.5, 0.6) is 0 Å². The standard InChI is InChI=1S/C19H20ClN7/c20-15-8-4-5-9-16(15)23-18-24-17(22-14-6-2-1-3-7-14)25-19(26-18)27-12-10-21-11-13-27/h1-9,21H,10-13H2,(H2,22,23,24,25,26). The molecule has 1 saturated heterocycles. The second-order valence-corrected chi connectivity index (χ2v) is 6.52. The quantitative estimate of drug-likeness (QED) is 0.625. The molecule has 1 aliphatic rings. The summed E-state index contributed by atoms with van der Waals surface area (Å²) >= 11 is 6.26. The van der Waals surface area contributed by atoms with Crippen LogP contribution < -0.4 is 20.9 Å². The Kier molecular flexibility index (Phi) is 5.32. The van der Waals surface area contributed by atoms with Crippen molar-refractivity contribution in [1.82, 2.24) is 20.3 Å². The van der Waals surface area contributed by atoms with Crippen molar-refractivity contribution in [3.63, 3.8) is 0 Å². The highest BCUT2D eigenvalue weighted by Gasteiger charge is 2.16. The average Bonchev–Trinajstić information content (AvgIpc) is 2.71. The predicted molar refractivity (Wildman–Crippen MR) is 109 cm³/mol. The summed E-state index contributed by atoms with van der Waals surface area (Å²) in [5.41, 5.74) is 1.67. The summed E-state index contributed by atoms with van der Waals surface area (Å²) in [6, 6.07) is 17.3. The number of hydrogen-bond donors (Lipinski definition) is 3. The van der Waals surface area contributed by atoms with E-state index in [0.717, 1.165) is 37.6 Å². The third-order valence-corrected chi connectivity index (χ3v) is 4.50. The molecule has 1 aliphatic heterocycles. The van der Waals surface area contributed by atoms with Crippen LogP contribution in [0.1, 0.15) is 0 Å². The van der Waals surface area contributed by atoms with Gasteiger partial charge < -0.3 is 20.9 Å². The van der Waals surface area contributed by atoms with Crippen molar-refractivity contribution in [1.29, 1.82) is 0 Å². The van der Waals surface area contributed by atoms with Gasteiger partial charge in [0.15, 0.2) is 0 Å². The molecule has 0 aliphatic carbocycles. The van der Waals surface area contributed by atoms with Crippen LogP contribution in [0.2, 0.25) is 5.02 Å². The molecular formula is C19H20ClN7. The molecule has 0 spiro atoms. The topological polar surface area (TPSA) is 78.0 Å². The van der Waals surface area contributed by atoms with Crippen LogP contribution in [-0.2, 0) is 0 Å². The Hall–Kier alpha value is -2.90. The van der Waals surface area contributed by atoms with E-state index in [-0.39, 0.29) is 0 Å². The van der Waals surface area contributed by atoms with E-state index in [0.29, 0.717) is 22.9 Å². The lowest BCUT2D eigenvalue weighted by molar-refractivity contribution is 0.579. The highest BCUT2D eigenvalue weighted by atomic mass is 35.5. The van der Waals surface area contributed by atoms with Gasteiger partial charge in [-0.05, 0) is 24.3 Å². The lowest BCUT2D eigenvalue weighted by Gasteiger charge is -2.27. The van der Waals surface area contributed by atoms with Gasteiger partial charge in [0.05, 0.1) is 10.7 Å². The van der Waals surface area contributed by atoms with Gasteiger partial charge in [-0.2, -0.15) is 15.0 Å². The third kappa shape index (κ3) is 4.45. The fraction of sp³-hybridized carbons (Fsp3) is 0.211. The largest absolute Gasteiger partial charge is 0.338 e. The number of piperazine rings is 1. The minimum atomic E-state index is 0.449. The number of halogens is 1. The molecule has 1 fully saturated rings. The zero-order valence-corrected chi connectivity index (χ0v) is 15.4. The van der Waals surface area contributed by atoms with E-state index in [2.05, 4.69) is 35.8 Å². The predicted octanol–water partition coefficient (Wildman–Crippen LogP) is 3.42. The van der Waals surface area contributed by atoms with Gasteiger partial charge in [0.25, 0.3) is 0 Å². The SMILES string of the molecule is Clc1ccccc1Nc1nc(Nc2ccccc2)nc(N2CCNCC2)n1. The zero-order chi connectivity index (χ0) is 18.5. The molecule has 2 aromatic carbocycles. The first-order valence-corrected chi connectivity index (χ1v) is 9.21. The zero-order valence-electron chi connectivity index (χ0n) is 14.7. The molecule has 0 amide bonds. The van der Waals surface area contributed by atoms with Crippen molar-refractivity contribution in [3.05, 3.63) is 59.6 Å². The number of benzene rings is 2. The Morgan fingerprint density at radius 3 is 2.22 bits per heavy atom. The summed E-state index contributed by atoms with van der Waals surface area (Å²) in [6.45, 7) is 3.50. The molecule has 3 N–H and O–H groups in total. The van der Waals surface area contributed by atoms with E-state index in [4.69, 9.17) is 11.6 Å². The summed E-state index contributed by atoms with van der Waals surface area (Å²) in [4.78, 5) is 15.9. The van der Waals surface area contributed by atoms with Gasteiger partial charge in [-0.1, -0.05) is 41.9 Å². The summed E-state index contributed by atoms with van der Waals surface area (Å²) in [5, 5.41) is 10.4. The number of nitrogens with one attached hydrogen (secondary N) is 3. The molecule has 0 unspecified atom stereocenters. The molecule has 0 atom stereocenters. The fourth-order valence-electron chi connectivity index (χ4n) is 2.82. The summed E-state index contributed by atoms with van der Waals surface area (Å²) in [5.74, 6) is 1.57. The van der Waals surface area contributed by atoms with Crippen molar-refractivity contribution >= 4 is 40.8 Å². The Morgan fingerprint density at radius 1 is 0.815 bits per heavy atom. The molecule has 0 radical (unpaired) electrons. The molecule has 7 nitrogen and oxygen atoms in total. The Labute approximate surface area is 162 Å².